The average molecular weight is 214 g/mol. The number of Topliss-reactive ketones (excluding diaryl/α,β-unsaturated/α-hetero) is 1. The van der Waals surface area contributed by atoms with E-state index in [0.717, 1.165) is 13.8 Å². The molecular weight excluding hydrogens is 200 g/mol. The van der Waals surface area contributed by atoms with Crippen molar-refractivity contribution in [3.05, 3.63) is 0 Å². The highest BCUT2D eigenvalue weighted by molar-refractivity contribution is 5.90. The summed E-state index contributed by atoms with van der Waals surface area (Å²) in [7, 11) is 0. The van der Waals surface area contributed by atoms with Crippen molar-refractivity contribution in [1.29, 1.82) is 0 Å². The summed E-state index contributed by atoms with van der Waals surface area (Å²) in [6.07, 6.45) is -5.14. The van der Waals surface area contributed by atoms with E-state index in [1.165, 1.54) is 13.8 Å². The highest BCUT2D eigenvalue weighted by Crippen LogP contribution is 2.41. The molecule has 0 aromatic rings. The Hall–Kier alpha value is -0.610. The molecule has 1 unspecified atom stereocenters. The molecule has 14 heavy (non-hydrogen) atoms. The molecule has 0 radical (unpaired) electrons. The van der Waals surface area contributed by atoms with Crippen molar-refractivity contribution in [2.24, 2.45) is 11.8 Å². The minimum atomic E-state index is -5.14. The number of carbonyl (C=O) groups is 1. The van der Waals surface area contributed by atoms with Crippen molar-refractivity contribution in [2.45, 2.75) is 39.5 Å². The van der Waals surface area contributed by atoms with E-state index in [1.54, 1.807) is 0 Å². The number of hydrogen-bond acceptors (Lipinski definition) is 1. The molecule has 0 saturated carbocycles. The van der Waals surface area contributed by atoms with Crippen LogP contribution in [-0.2, 0) is 4.79 Å². The first kappa shape index (κ1) is 13.4. The van der Waals surface area contributed by atoms with Crippen LogP contribution in [0.5, 0.6) is 0 Å². The third-order valence-electron chi connectivity index (χ3n) is 2.09. The van der Waals surface area contributed by atoms with Crippen LogP contribution in [0.15, 0.2) is 0 Å². The lowest BCUT2D eigenvalue weighted by Crippen LogP contribution is -2.53. The van der Waals surface area contributed by atoms with Gasteiger partial charge in [0.25, 0.3) is 5.67 Å². The Labute approximate surface area is 80.5 Å². The second-order valence-corrected chi connectivity index (χ2v) is 3.88. The maximum absolute atomic E-state index is 13.6. The van der Waals surface area contributed by atoms with E-state index in [4.69, 9.17) is 0 Å². The van der Waals surface area contributed by atoms with E-state index in [1.807, 2.05) is 0 Å². The Morgan fingerprint density at radius 3 is 1.43 bits per heavy atom. The molecule has 0 fully saturated rings. The molecule has 84 valence electrons. The second-order valence-electron chi connectivity index (χ2n) is 3.88. The molecule has 0 spiro atoms. The topological polar surface area (TPSA) is 17.1 Å². The number of rotatable bonds is 3. The van der Waals surface area contributed by atoms with Crippen LogP contribution in [0.3, 0.4) is 0 Å². The molecule has 0 saturated heterocycles. The third-order valence-corrected chi connectivity index (χ3v) is 2.09. The summed E-state index contributed by atoms with van der Waals surface area (Å²) in [5, 5.41) is 0. The molecule has 0 N–H and O–H groups in total. The van der Waals surface area contributed by atoms with Gasteiger partial charge in [-0.3, -0.25) is 4.79 Å². The summed E-state index contributed by atoms with van der Waals surface area (Å²) in [6, 6.07) is 0. The van der Waals surface area contributed by atoms with Crippen molar-refractivity contribution < 1.29 is 22.4 Å². The van der Waals surface area contributed by atoms with Gasteiger partial charge in [0, 0.05) is 11.8 Å². The van der Waals surface area contributed by atoms with Crippen LogP contribution in [0.4, 0.5) is 17.6 Å². The Balaban J connectivity index is 5.23. The predicted octanol–water partition coefficient (Wildman–Crippen LogP) is 3.14. The predicted molar refractivity (Wildman–Crippen MR) is 44.6 cm³/mol. The van der Waals surface area contributed by atoms with Gasteiger partial charge >= 0.3 is 6.18 Å². The smallest absolute Gasteiger partial charge is 0.295 e. The van der Waals surface area contributed by atoms with E-state index in [2.05, 4.69) is 0 Å². The number of carbonyl (C=O) groups excluding carboxylic acids is 1. The number of alkyl halides is 4. The molecule has 0 heterocycles. The quantitative estimate of drug-likeness (QED) is 0.659. The molecule has 0 aliphatic rings. The summed E-state index contributed by atoms with van der Waals surface area (Å²) < 4.78 is 50.7. The summed E-state index contributed by atoms with van der Waals surface area (Å²) in [4.78, 5) is 11.2. The lowest BCUT2D eigenvalue weighted by Gasteiger charge is -2.31. The molecule has 1 nitrogen and oxygen atoms in total. The van der Waals surface area contributed by atoms with Crippen molar-refractivity contribution >= 4 is 5.78 Å². The van der Waals surface area contributed by atoms with Crippen LogP contribution in [0.2, 0.25) is 0 Å². The van der Waals surface area contributed by atoms with E-state index >= 15 is 0 Å². The molecule has 0 aromatic carbocycles. The van der Waals surface area contributed by atoms with Crippen LogP contribution in [-0.4, -0.2) is 17.6 Å². The Kier molecular flexibility index (Phi) is 3.70. The van der Waals surface area contributed by atoms with Gasteiger partial charge in [0.05, 0.1) is 0 Å². The van der Waals surface area contributed by atoms with Gasteiger partial charge in [-0.1, -0.05) is 27.7 Å². The summed E-state index contributed by atoms with van der Waals surface area (Å²) in [5.74, 6) is -3.78. The van der Waals surface area contributed by atoms with Gasteiger partial charge in [-0.2, -0.15) is 13.2 Å². The minimum absolute atomic E-state index is 0.968. The molecule has 0 bridgehead atoms. The maximum Gasteiger partial charge on any atom is 0.429 e. The zero-order valence-electron chi connectivity index (χ0n) is 8.57. The Bertz CT molecular complexity index is 219. The molecule has 0 rings (SSSR count). The van der Waals surface area contributed by atoms with Gasteiger partial charge < -0.3 is 0 Å². The summed E-state index contributed by atoms with van der Waals surface area (Å²) in [5.41, 5.74) is -3.72. The first-order chi connectivity index (χ1) is 6.05. The van der Waals surface area contributed by atoms with Crippen molar-refractivity contribution in [2.75, 3.05) is 0 Å². The zero-order chi connectivity index (χ0) is 11.7. The average Bonchev–Trinajstić information content (AvgIpc) is 1.98. The van der Waals surface area contributed by atoms with Crippen LogP contribution in [0.1, 0.15) is 27.7 Å². The van der Waals surface area contributed by atoms with E-state index in [-0.39, 0.29) is 0 Å². The number of halogens is 4. The monoisotopic (exact) mass is 214 g/mol. The van der Waals surface area contributed by atoms with Gasteiger partial charge in [-0.15, -0.1) is 0 Å². The molecule has 0 amide bonds. The highest BCUT2D eigenvalue weighted by atomic mass is 19.4. The van der Waals surface area contributed by atoms with E-state index < -0.39 is 29.5 Å². The largest absolute Gasteiger partial charge is 0.429 e. The number of hydrogen-bond donors (Lipinski definition) is 0. The van der Waals surface area contributed by atoms with Crippen molar-refractivity contribution in [1.82, 2.24) is 0 Å². The fraction of sp³-hybridized carbons (Fsp3) is 0.889. The molecule has 1 atom stereocenters. The van der Waals surface area contributed by atoms with Crippen LogP contribution in [0, 0.1) is 11.8 Å². The Morgan fingerprint density at radius 2 is 1.36 bits per heavy atom. The zero-order valence-corrected chi connectivity index (χ0v) is 8.57. The summed E-state index contributed by atoms with van der Waals surface area (Å²) >= 11 is 0. The first-order valence-electron chi connectivity index (χ1n) is 4.35. The summed E-state index contributed by atoms with van der Waals surface area (Å²) in [6.45, 7) is 4.61. The van der Waals surface area contributed by atoms with Crippen molar-refractivity contribution in [3.8, 4) is 0 Å². The molecule has 0 aliphatic carbocycles. The fourth-order valence-corrected chi connectivity index (χ4v) is 1.17. The van der Waals surface area contributed by atoms with Gasteiger partial charge in [0.1, 0.15) is 0 Å². The Morgan fingerprint density at radius 1 is 1.00 bits per heavy atom. The van der Waals surface area contributed by atoms with Crippen LogP contribution < -0.4 is 0 Å². The van der Waals surface area contributed by atoms with Crippen molar-refractivity contribution in [3.63, 3.8) is 0 Å². The van der Waals surface area contributed by atoms with Crippen LogP contribution >= 0.6 is 0 Å². The van der Waals surface area contributed by atoms with Gasteiger partial charge in [-0.05, 0) is 0 Å². The van der Waals surface area contributed by atoms with Gasteiger partial charge in [-0.25, -0.2) is 4.39 Å². The molecule has 5 heteroatoms. The second kappa shape index (κ2) is 3.87. The molecule has 0 aromatic heterocycles. The molecular formula is C9H14F4O. The van der Waals surface area contributed by atoms with E-state index in [0.29, 0.717) is 0 Å². The standard InChI is InChI=1S/C9H14F4O/c1-5(2)7(14)8(10,6(3)4)9(11,12)13/h5-6H,1-4H3. The SMILES string of the molecule is CC(C)C(=O)C(F)(C(C)C)C(F)(F)F. The third kappa shape index (κ3) is 2.07. The lowest BCUT2D eigenvalue weighted by atomic mass is 9.82. The van der Waals surface area contributed by atoms with Gasteiger partial charge in [0.2, 0.25) is 0 Å². The lowest BCUT2D eigenvalue weighted by molar-refractivity contribution is -0.239. The van der Waals surface area contributed by atoms with E-state index in [9.17, 15) is 22.4 Å². The molecule has 0 aliphatic heterocycles. The fourth-order valence-electron chi connectivity index (χ4n) is 1.17. The van der Waals surface area contributed by atoms with Crippen LogP contribution in [0.25, 0.3) is 0 Å². The highest BCUT2D eigenvalue weighted by Gasteiger charge is 2.63. The minimum Gasteiger partial charge on any atom is -0.295 e. The normalized spacial score (nSPS) is 17.3. The first-order valence-corrected chi connectivity index (χ1v) is 4.35. The van der Waals surface area contributed by atoms with Gasteiger partial charge in [0.15, 0.2) is 5.78 Å². The number of ketones is 1. The maximum atomic E-state index is 13.6.